The van der Waals surface area contributed by atoms with Gasteiger partial charge in [0.1, 0.15) is 0 Å². The Balaban J connectivity index is 1.22. The Labute approximate surface area is 197 Å². The average Bonchev–Trinajstić information content (AvgIpc) is 3.45. The zero-order valence-corrected chi connectivity index (χ0v) is 19.9. The minimum atomic E-state index is 0.0933. The molecule has 0 spiro atoms. The first kappa shape index (κ1) is 21.3. The molecule has 1 aromatic carbocycles. The number of nitrogens with one attached hydrogen (secondary N) is 1. The molecule has 3 heterocycles. The van der Waals surface area contributed by atoms with E-state index in [4.69, 9.17) is 4.74 Å². The highest BCUT2D eigenvalue weighted by Crippen LogP contribution is 2.40. The number of rotatable bonds is 5. The fourth-order valence-electron chi connectivity index (χ4n) is 6.52. The molecule has 2 aliphatic carbocycles. The van der Waals surface area contributed by atoms with Gasteiger partial charge < -0.3 is 19.5 Å². The van der Waals surface area contributed by atoms with Crippen molar-refractivity contribution in [1.82, 2.24) is 14.8 Å². The summed E-state index contributed by atoms with van der Waals surface area (Å²) in [5.41, 5.74) is 6.69. The third-order valence-electron chi connectivity index (χ3n) is 8.78. The summed E-state index contributed by atoms with van der Waals surface area (Å²) in [5, 5.41) is 4.59. The van der Waals surface area contributed by atoms with Crippen LogP contribution in [0.1, 0.15) is 55.3 Å². The van der Waals surface area contributed by atoms with Crippen LogP contribution in [0.25, 0.3) is 16.6 Å². The maximum Gasteiger partial charge on any atom is 0.225 e. The number of amides is 1. The van der Waals surface area contributed by atoms with Crippen LogP contribution in [0.2, 0.25) is 0 Å². The quantitative estimate of drug-likeness (QED) is 0.744. The smallest absolute Gasteiger partial charge is 0.225 e. The Bertz CT molecular complexity index is 1080. The van der Waals surface area contributed by atoms with Crippen molar-refractivity contribution in [2.24, 2.45) is 24.8 Å². The Morgan fingerprint density at radius 2 is 1.91 bits per heavy atom. The van der Waals surface area contributed by atoms with Crippen molar-refractivity contribution in [3.05, 3.63) is 41.6 Å². The molecule has 1 amide bonds. The van der Waals surface area contributed by atoms with Crippen LogP contribution in [0.3, 0.4) is 0 Å². The van der Waals surface area contributed by atoms with E-state index in [1.165, 1.54) is 54.3 Å². The van der Waals surface area contributed by atoms with Crippen LogP contribution in [-0.4, -0.2) is 47.7 Å². The van der Waals surface area contributed by atoms with Crippen LogP contribution >= 0.6 is 0 Å². The van der Waals surface area contributed by atoms with Crippen molar-refractivity contribution >= 4 is 22.5 Å². The molecule has 5 heteroatoms. The zero-order valence-electron chi connectivity index (χ0n) is 19.9. The molecule has 3 fully saturated rings. The highest BCUT2D eigenvalue weighted by Gasteiger charge is 2.33. The first-order valence-corrected chi connectivity index (χ1v) is 13.0. The monoisotopic (exact) mass is 447 g/mol. The maximum absolute atomic E-state index is 12.5. The highest BCUT2D eigenvalue weighted by molar-refractivity contribution is 5.89. The van der Waals surface area contributed by atoms with E-state index in [9.17, 15) is 4.79 Å². The third kappa shape index (κ3) is 3.99. The molecule has 2 aliphatic heterocycles. The van der Waals surface area contributed by atoms with Crippen molar-refractivity contribution in [1.29, 1.82) is 0 Å². The number of likely N-dealkylation sites (tertiary alicyclic amines) is 1. The van der Waals surface area contributed by atoms with E-state index in [-0.39, 0.29) is 11.8 Å². The number of aryl methyl sites for hydroxylation is 1. The van der Waals surface area contributed by atoms with Gasteiger partial charge in [0.2, 0.25) is 5.91 Å². The van der Waals surface area contributed by atoms with Crippen LogP contribution in [-0.2, 0) is 29.4 Å². The lowest BCUT2D eigenvalue weighted by Crippen LogP contribution is -2.33. The first-order valence-electron chi connectivity index (χ1n) is 13.0. The highest BCUT2D eigenvalue weighted by atomic mass is 16.5. The largest absolute Gasteiger partial charge is 0.381 e. The second kappa shape index (κ2) is 8.50. The number of ether oxygens (including phenoxy) is 1. The number of nitrogens with zero attached hydrogens (tertiary/aromatic N) is 2. The lowest BCUT2D eigenvalue weighted by atomic mass is 9.75. The number of hydrogen-bond donors (Lipinski definition) is 1. The van der Waals surface area contributed by atoms with E-state index < -0.39 is 0 Å². The minimum absolute atomic E-state index is 0.0933. The molecule has 33 heavy (non-hydrogen) atoms. The van der Waals surface area contributed by atoms with Crippen molar-refractivity contribution in [3.63, 3.8) is 0 Å². The Morgan fingerprint density at radius 1 is 1.09 bits per heavy atom. The summed E-state index contributed by atoms with van der Waals surface area (Å²) in [4.78, 5) is 14.8. The van der Waals surface area contributed by atoms with Gasteiger partial charge in [-0.2, -0.15) is 0 Å². The Morgan fingerprint density at radius 3 is 2.70 bits per heavy atom. The molecule has 5 nitrogen and oxygen atoms in total. The molecule has 0 radical (unpaired) electrons. The van der Waals surface area contributed by atoms with Gasteiger partial charge in [-0.25, -0.2) is 0 Å². The SMILES string of the molecule is C=C(c1ccc2c(c1)c1c(n2C)CCC(C2CCOCC2)C1)N1CC[C@@H](C(=O)NC2CC2)C1. The van der Waals surface area contributed by atoms with Crippen LogP contribution in [0, 0.1) is 17.8 Å². The summed E-state index contributed by atoms with van der Waals surface area (Å²) in [5.74, 6) is 1.92. The van der Waals surface area contributed by atoms with Crippen molar-refractivity contribution < 1.29 is 9.53 Å². The summed E-state index contributed by atoms with van der Waals surface area (Å²) < 4.78 is 8.05. The van der Waals surface area contributed by atoms with Gasteiger partial charge in [0.15, 0.2) is 0 Å². The van der Waals surface area contributed by atoms with Crippen LogP contribution in [0.15, 0.2) is 24.8 Å². The number of hydrogen-bond acceptors (Lipinski definition) is 3. The maximum atomic E-state index is 12.5. The van der Waals surface area contributed by atoms with Crippen molar-refractivity contribution in [2.75, 3.05) is 26.3 Å². The van der Waals surface area contributed by atoms with E-state index in [1.807, 2.05) is 0 Å². The molecule has 1 N–H and O–H groups in total. The van der Waals surface area contributed by atoms with Gasteiger partial charge in [-0.1, -0.05) is 12.6 Å². The number of benzene rings is 1. The standard InChI is InChI=1S/C28H37N3O2/c1-18(31-12-9-22(17-31)28(32)29-23-5-6-23)20-3-7-26-24(15-20)25-16-21(4-8-27(25)30(26)2)19-10-13-33-14-11-19/h3,7,15,19,21-23H,1,4-6,8-14,16-17H2,2H3,(H,29,32)/t21?,22-/m1/s1. The minimum Gasteiger partial charge on any atom is -0.381 e. The topological polar surface area (TPSA) is 46.5 Å². The van der Waals surface area contributed by atoms with Gasteiger partial charge in [0, 0.05) is 61.7 Å². The van der Waals surface area contributed by atoms with E-state index in [2.05, 4.69) is 46.6 Å². The summed E-state index contributed by atoms with van der Waals surface area (Å²) in [6, 6.07) is 7.32. The fourth-order valence-corrected chi connectivity index (χ4v) is 6.52. The number of fused-ring (bicyclic) bond motifs is 3. The predicted molar refractivity (Wildman–Crippen MR) is 132 cm³/mol. The molecule has 2 atom stereocenters. The number of aromatic nitrogens is 1. The van der Waals surface area contributed by atoms with Crippen LogP contribution < -0.4 is 5.32 Å². The second-order valence-corrected chi connectivity index (χ2v) is 10.8. The molecule has 1 saturated carbocycles. The fraction of sp³-hybridized carbons (Fsp3) is 0.607. The summed E-state index contributed by atoms with van der Waals surface area (Å²) >= 11 is 0. The molecule has 4 aliphatic rings. The lowest BCUT2D eigenvalue weighted by Gasteiger charge is -2.33. The van der Waals surface area contributed by atoms with Crippen LogP contribution in [0.5, 0.6) is 0 Å². The molecular formula is C28H37N3O2. The van der Waals surface area contributed by atoms with Crippen LogP contribution in [0.4, 0.5) is 0 Å². The molecular weight excluding hydrogens is 410 g/mol. The van der Waals surface area contributed by atoms with Crippen molar-refractivity contribution in [2.45, 2.75) is 57.4 Å². The zero-order chi connectivity index (χ0) is 22.5. The number of carbonyl (C=O) groups is 1. The molecule has 6 rings (SSSR count). The van der Waals surface area contributed by atoms with Gasteiger partial charge in [-0.3, -0.25) is 4.79 Å². The molecule has 2 saturated heterocycles. The van der Waals surface area contributed by atoms with E-state index in [1.54, 1.807) is 5.56 Å². The first-order chi connectivity index (χ1) is 16.1. The molecule has 2 aromatic rings. The molecule has 0 bridgehead atoms. The number of carbonyl (C=O) groups excluding carboxylic acids is 1. The summed E-state index contributed by atoms with van der Waals surface area (Å²) in [6.45, 7) is 8.03. The Kier molecular flexibility index (Phi) is 5.48. The van der Waals surface area contributed by atoms with Gasteiger partial charge in [0.25, 0.3) is 0 Å². The van der Waals surface area contributed by atoms with E-state index >= 15 is 0 Å². The lowest BCUT2D eigenvalue weighted by molar-refractivity contribution is -0.124. The Hall–Kier alpha value is -2.27. The third-order valence-corrected chi connectivity index (χ3v) is 8.78. The normalized spacial score (nSPS) is 25.9. The van der Waals surface area contributed by atoms with Gasteiger partial charge in [-0.15, -0.1) is 0 Å². The van der Waals surface area contributed by atoms with Gasteiger partial charge in [0.05, 0.1) is 5.92 Å². The van der Waals surface area contributed by atoms with E-state index in [0.717, 1.165) is 63.1 Å². The van der Waals surface area contributed by atoms with Gasteiger partial charge in [-0.05, 0) is 86.5 Å². The summed E-state index contributed by atoms with van der Waals surface area (Å²) in [7, 11) is 2.23. The molecule has 1 unspecified atom stereocenters. The van der Waals surface area contributed by atoms with Crippen molar-refractivity contribution in [3.8, 4) is 0 Å². The molecule has 176 valence electrons. The van der Waals surface area contributed by atoms with E-state index in [0.29, 0.717) is 6.04 Å². The predicted octanol–water partition coefficient (Wildman–Crippen LogP) is 4.28. The molecule has 1 aromatic heterocycles. The average molecular weight is 448 g/mol. The second-order valence-electron chi connectivity index (χ2n) is 10.8. The summed E-state index contributed by atoms with van der Waals surface area (Å²) in [6.07, 6.45) is 9.34. The van der Waals surface area contributed by atoms with Gasteiger partial charge >= 0.3 is 0 Å².